The van der Waals surface area contributed by atoms with E-state index in [1.54, 1.807) is 24.3 Å². The summed E-state index contributed by atoms with van der Waals surface area (Å²) in [7, 11) is 0. The summed E-state index contributed by atoms with van der Waals surface area (Å²) in [5, 5.41) is 1.20. The smallest absolute Gasteiger partial charge is 0.143 e. The first-order valence-electron chi connectivity index (χ1n) is 19.5. The van der Waals surface area contributed by atoms with Crippen LogP contribution in [0.2, 0.25) is 0 Å². The first kappa shape index (κ1) is 20.0. The minimum absolute atomic E-state index is 0.135. The van der Waals surface area contributed by atoms with E-state index in [0.29, 0.717) is 39.0 Å². The van der Waals surface area contributed by atoms with E-state index in [1.807, 2.05) is 109 Å². The molecule has 0 saturated heterocycles. The number of rotatable bonds is 5. The van der Waals surface area contributed by atoms with Gasteiger partial charge in [0.2, 0.25) is 0 Å². The van der Waals surface area contributed by atoms with Crippen molar-refractivity contribution in [2.24, 2.45) is 0 Å². The molecule has 0 unspecified atom stereocenters. The number of hydrogen-bond acceptors (Lipinski definition) is 1. The van der Waals surface area contributed by atoms with Crippen molar-refractivity contribution in [3.63, 3.8) is 0 Å². The molecule has 0 N–H and O–H groups in total. The van der Waals surface area contributed by atoms with Gasteiger partial charge in [-0.2, -0.15) is 0 Å². The molecule has 0 bridgehead atoms. The van der Waals surface area contributed by atoms with Crippen LogP contribution in [0.3, 0.4) is 0 Å². The molecule has 9 aromatic rings. The number of hydrogen-bond donors (Lipinski definition) is 0. The van der Waals surface area contributed by atoms with Gasteiger partial charge in [0.25, 0.3) is 0 Å². The SMILES string of the molecule is [2H]c1c([2H])c([2H])c2c(-c3c(-c4cccc(-c5ccccc5)c4)oc4c(-c5ccccc5)cccc34)c3c([2H])c([2H])c([2H])c([2H])c3c(-c3ccccc3)c2c1[2H]. The summed E-state index contributed by atoms with van der Waals surface area (Å²) < 4.78 is 80.3. The average molecular weight is 607 g/mol. The highest BCUT2D eigenvalue weighted by molar-refractivity contribution is 6.25. The van der Waals surface area contributed by atoms with Crippen LogP contribution in [0.5, 0.6) is 0 Å². The van der Waals surface area contributed by atoms with Gasteiger partial charge in [0.1, 0.15) is 11.3 Å². The molecule has 0 fully saturated rings. The highest BCUT2D eigenvalue weighted by atomic mass is 16.3. The molecule has 0 aliphatic rings. The monoisotopic (exact) mass is 606 g/mol. The molecule has 9 rings (SSSR count). The van der Waals surface area contributed by atoms with Crippen LogP contribution in [-0.2, 0) is 0 Å². The second-order valence-corrected chi connectivity index (χ2v) is 11.4. The third kappa shape index (κ3) is 4.56. The molecule has 0 radical (unpaired) electrons. The maximum absolute atomic E-state index is 9.52. The second-order valence-electron chi connectivity index (χ2n) is 11.4. The summed E-state index contributed by atoms with van der Waals surface area (Å²) in [6.45, 7) is 0. The Labute approximate surface area is 285 Å². The van der Waals surface area contributed by atoms with Crippen LogP contribution < -0.4 is 0 Å². The molecule has 0 aliphatic heterocycles. The van der Waals surface area contributed by atoms with E-state index in [4.69, 9.17) is 9.90 Å². The molecule has 1 aromatic heterocycles. The Kier molecular flexibility index (Phi) is 4.83. The third-order valence-corrected chi connectivity index (χ3v) is 8.72. The van der Waals surface area contributed by atoms with Crippen LogP contribution in [-0.4, -0.2) is 0 Å². The Morgan fingerprint density at radius 3 is 1.47 bits per heavy atom. The van der Waals surface area contributed by atoms with Crippen LogP contribution in [0.15, 0.2) is 186 Å². The van der Waals surface area contributed by atoms with Crippen molar-refractivity contribution in [3.8, 4) is 55.8 Å². The Bertz CT molecular complexity index is 2910. The van der Waals surface area contributed by atoms with E-state index in [2.05, 4.69) is 0 Å². The van der Waals surface area contributed by atoms with Gasteiger partial charge in [0.15, 0.2) is 0 Å². The van der Waals surface area contributed by atoms with E-state index in [9.17, 15) is 5.48 Å². The molecule has 0 aliphatic carbocycles. The van der Waals surface area contributed by atoms with Crippen molar-refractivity contribution in [3.05, 3.63) is 182 Å². The van der Waals surface area contributed by atoms with E-state index in [0.717, 1.165) is 22.3 Å². The molecule has 1 nitrogen and oxygen atoms in total. The van der Waals surface area contributed by atoms with Crippen LogP contribution in [0.1, 0.15) is 11.0 Å². The minimum Gasteiger partial charge on any atom is -0.455 e. The fourth-order valence-corrected chi connectivity index (χ4v) is 6.65. The molecule has 0 saturated carbocycles. The maximum Gasteiger partial charge on any atom is 0.143 e. The lowest BCUT2D eigenvalue weighted by Crippen LogP contribution is -1.91. The summed E-state index contributed by atoms with van der Waals surface area (Å²) in [6.07, 6.45) is 0. The van der Waals surface area contributed by atoms with Gasteiger partial charge in [-0.05, 0) is 55.4 Å². The standard InChI is InChI=1S/C46H30O/c1-4-16-31(17-5-1)34-22-14-23-35(30-34)45-44(41-29-15-28-36(46(41)47-45)32-18-6-2-7-19-32)43-39-26-12-10-24-37(39)42(33-20-8-3-9-21-33)38-25-11-13-27-40(38)43/h1-30H/i10D,11D,12D,13D,24D,25D,26D,27D. The quantitative estimate of drug-likeness (QED) is 0.178. The molecular formula is C46H30O. The van der Waals surface area contributed by atoms with E-state index in [1.165, 1.54) is 0 Å². The van der Waals surface area contributed by atoms with Gasteiger partial charge in [-0.1, -0.05) is 176 Å². The highest BCUT2D eigenvalue weighted by Crippen LogP contribution is 2.50. The molecule has 220 valence electrons. The molecule has 1 heteroatoms. The first-order valence-corrected chi connectivity index (χ1v) is 15.5. The zero-order valence-electron chi connectivity index (χ0n) is 33.1. The Hall–Kier alpha value is -6.18. The van der Waals surface area contributed by atoms with E-state index in [-0.39, 0.29) is 51.3 Å². The number of para-hydroxylation sites is 1. The molecule has 47 heavy (non-hydrogen) atoms. The van der Waals surface area contributed by atoms with Crippen molar-refractivity contribution in [2.75, 3.05) is 0 Å². The number of fused-ring (bicyclic) bond motifs is 3. The van der Waals surface area contributed by atoms with Gasteiger partial charge in [0, 0.05) is 27.6 Å². The van der Waals surface area contributed by atoms with Crippen LogP contribution in [0, 0.1) is 0 Å². The molecule has 0 atom stereocenters. The highest BCUT2D eigenvalue weighted by Gasteiger charge is 2.25. The van der Waals surface area contributed by atoms with Crippen molar-refractivity contribution in [2.45, 2.75) is 0 Å². The van der Waals surface area contributed by atoms with Gasteiger partial charge >= 0.3 is 0 Å². The molecular weight excluding hydrogens is 569 g/mol. The lowest BCUT2D eigenvalue weighted by atomic mass is 9.84. The largest absolute Gasteiger partial charge is 0.455 e. The van der Waals surface area contributed by atoms with Crippen molar-refractivity contribution in [1.29, 1.82) is 0 Å². The molecule has 8 aromatic carbocycles. The minimum atomic E-state index is -0.455. The van der Waals surface area contributed by atoms with Crippen molar-refractivity contribution in [1.82, 2.24) is 0 Å². The summed E-state index contributed by atoms with van der Waals surface area (Å²) in [5.41, 5.74) is 6.37. The normalized spacial score (nSPS) is 13.8. The van der Waals surface area contributed by atoms with Crippen molar-refractivity contribution >= 4 is 32.5 Å². The summed E-state index contributed by atoms with van der Waals surface area (Å²) in [4.78, 5) is 0. The van der Waals surface area contributed by atoms with Gasteiger partial charge in [-0.25, -0.2) is 0 Å². The van der Waals surface area contributed by atoms with Crippen LogP contribution in [0.4, 0.5) is 0 Å². The molecule has 0 spiro atoms. The first-order chi connectivity index (χ1) is 26.7. The zero-order chi connectivity index (χ0) is 38.1. The van der Waals surface area contributed by atoms with E-state index >= 15 is 0 Å². The predicted molar refractivity (Wildman–Crippen MR) is 198 cm³/mol. The lowest BCUT2D eigenvalue weighted by Gasteiger charge is -2.18. The summed E-state index contributed by atoms with van der Waals surface area (Å²) in [6, 6.07) is 39.3. The fourth-order valence-electron chi connectivity index (χ4n) is 6.65. The fraction of sp³-hybridized carbons (Fsp3) is 0. The Morgan fingerprint density at radius 1 is 0.362 bits per heavy atom. The van der Waals surface area contributed by atoms with Gasteiger partial charge in [-0.15, -0.1) is 0 Å². The lowest BCUT2D eigenvalue weighted by molar-refractivity contribution is 0.633. The van der Waals surface area contributed by atoms with Crippen molar-refractivity contribution < 1.29 is 15.4 Å². The van der Waals surface area contributed by atoms with Crippen LogP contribution in [0.25, 0.3) is 88.3 Å². The summed E-state index contributed by atoms with van der Waals surface area (Å²) >= 11 is 0. The summed E-state index contributed by atoms with van der Waals surface area (Å²) in [5.74, 6) is 0.394. The Morgan fingerprint density at radius 2 is 0.851 bits per heavy atom. The molecule has 1 heterocycles. The number of benzene rings is 8. The third-order valence-electron chi connectivity index (χ3n) is 8.72. The van der Waals surface area contributed by atoms with Crippen LogP contribution >= 0.6 is 0 Å². The van der Waals surface area contributed by atoms with E-state index < -0.39 is 24.2 Å². The van der Waals surface area contributed by atoms with Gasteiger partial charge in [-0.3, -0.25) is 0 Å². The van der Waals surface area contributed by atoms with Gasteiger partial charge in [0.05, 0.1) is 11.0 Å². The predicted octanol–water partition coefficient (Wildman–Crippen LogP) is 13.1. The second kappa shape index (κ2) is 11.3. The maximum atomic E-state index is 9.52. The topological polar surface area (TPSA) is 13.1 Å². The zero-order valence-corrected chi connectivity index (χ0v) is 25.1. The average Bonchev–Trinajstić information content (AvgIpc) is 3.63. The molecule has 0 amide bonds. The number of furan rings is 1. The Balaban J connectivity index is 1.56. The van der Waals surface area contributed by atoms with Gasteiger partial charge < -0.3 is 4.42 Å².